The minimum Gasteiger partial charge on any atom is -0.451 e. The van der Waals surface area contributed by atoms with E-state index in [2.05, 4.69) is 10.3 Å². The van der Waals surface area contributed by atoms with Crippen molar-refractivity contribution in [1.82, 2.24) is 10.3 Å². The first kappa shape index (κ1) is 8.73. The Kier molecular flexibility index (Phi) is 3.28. The van der Waals surface area contributed by atoms with E-state index < -0.39 is 0 Å². The Morgan fingerprint density at radius 1 is 1.75 bits per heavy atom. The Labute approximate surface area is 70.0 Å². The third-order valence-corrected chi connectivity index (χ3v) is 1.29. The Balaban J connectivity index is 2.27. The molecular weight excluding hydrogens is 158 g/mol. The van der Waals surface area contributed by atoms with Crippen LogP contribution in [0, 0.1) is 0 Å². The zero-order valence-corrected chi connectivity index (χ0v) is 6.62. The predicted octanol–water partition coefficient (Wildman–Crippen LogP) is -0.708. The summed E-state index contributed by atoms with van der Waals surface area (Å²) in [5.41, 5.74) is 5.83. The molecule has 0 aromatic carbocycles. The van der Waals surface area contributed by atoms with Crippen molar-refractivity contribution in [2.45, 2.75) is 6.42 Å². The zero-order chi connectivity index (χ0) is 8.81. The van der Waals surface area contributed by atoms with Gasteiger partial charge in [-0.25, -0.2) is 4.98 Å². The van der Waals surface area contributed by atoms with Gasteiger partial charge in [0.25, 0.3) is 0 Å². The molecule has 0 spiro atoms. The molecule has 0 aliphatic rings. The largest absolute Gasteiger partial charge is 0.451 e. The highest BCUT2D eigenvalue weighted by molar-refractivity contribution is 5.77. The molecule has 0 radical (unpaired) electrons. The van der Waals surface area contributed by atoms with E-state index >= 15 is 0 Å². The van der Waals surface area contributed by atoms with Crippen molar-refractivity contribution in [3.63, 3.8) is 0 Å². The lowest BCUT2D eigenvalue weighted by molar-refractivity contribution is -0.120. The lowest BCUT2D eigenvalue weighted by Crippen LogP contribution is -2.30. The number of hydrogen-bond donors (Lipinski definition) is 2. The van der Waals surface area contributed by atoms with Crippen LogP contribution < -0.4 is 11.1 Å². The van der Waals surface area contributed by atoms with Gasteiger partial charge in [0, 0.05) is 13.1 Å². The van der Waals surface area contributed by atoms with E-state index in [0.717, 1.165) is 0 Å². The topological polar surface area (TPSA) is 81.1 Å². The van der Waals surface area contributed by atoms with Gasteiger partial charge in [0.2, 0.25) is 5.91 Å². The monoisotopic (exact) mass is 169 g/mol. The Morgan fingerprint density at radius 2 is 2.58 bits per heavy atom. The minimum atomic E-state index is -0.0886. The molecule has 5 nitrogen and oxygen atoms in total. The fourth-order valence-corrected chi connectivity index (χ4v) is 0.763. The molecule has 1 heterocycles. The average Bonchev–Trinajstić information content (AvgIpc) is 2.53. The molecule has 0 saturated carbocycles. The second kappa shape index (κ2) is 4.50. The quantitative estimate of drug-likeness (QED) is 0.624. The summed E-state index contributed by atoms with van der Waals surface area (Å²) >= 11 is 0. The highest BCUT2D eigenvalue weighted by Gasteiger charge is 2.03. The number of carbonyl (C=O) groups is 1. The lowest BCUT2D eigenvalue weighted by atomic mass is 10.3. The first-order valence-electron chi connectivity index (χ1n) is 3.66. The molecule has 1 amide bonds. The van der Waals surface area contributed by atoms with Crippen molar-refractivity contribution in [3.8, 4) is 0 Å². The van der Waals surface area contributed by atoms with Gasteiger partial charge in [-0.15, -0.1) is 0 Å². The van der Waals surface area contributed by atoms with Crippen LogP contribution in [0.25, 0.3) is 0 Å². The van der Waals surface area contributed by atoms with Crippen LogP contribution in [0.3, 0.4) is 0 Å². The smallest absolute Gasteiger partial charge is 0.226 e. The fourth-order valence-electron chi connectivity index (χ4n) is 0.763. The van der Waals surface area contributed by atoms with E-state index in [9.17, 15) is 4.79 Å². The SMILES string of the molecule is NCCNC(=O)Cc1cocn1. The summed E-state index contributed by atoms with van der Waals surface area (Å²) in [5, 5.41) is 2.62. The van der Waals surface area contributed by atoms with Crippen molar-refractivity contribution >= 4 is 5.91 Å². The fraction of sp³-hybridized carbons (Fsp3) is 0.429. The third-order valence-electron chi connectivity index (χ3n) is 1.29. The molecule has 3 N–H and O–H groups in total. The van der Waals surface area contributed by atoms with Crippen molar-refractivity contribution < 1.29 is 9.21 Å². The van der Waals surface area contributed by atoms with Gasteiger partial charge >= 0.3 is 0 Å². The van der Waals surface area contributed by atoms with Gasteiger partial charge < -0.3 is 15.5 Å². The van der Waals surface area contributed by atoms with Crippen LogP contribution in [0.15, 0.2) is 17.1 Å². The summed E-state index contributed by atoms with van der Waals surface area (Å²) in [6.07, 6.45) is 2.99. The number of hydrogen-bond acceptors (Lipinski definition) is 4. The number of aromatic nitrogens is 1. The summed E-state index contributed by atoms with van der Waals surface area (Å²) in [7, 11) is 0. The van der Waals surface area contributed by atoms with Crippen LogP contribution in [-0.4, -0.2) is 24.0 Å². The molecule has 0 unspecified atom stereocenters. The van der Waals surface area contributed by atoms with Gasteiger partial charge in [-0.1, -0.05) is 0 Å². The molecule has 0 atom stereocenters. The van der Waals surface area contributed by atoms with Crippen molar-refractivity contribution in [1.29, 1.82) is 0 Å². The predicted molar refractivity (Wildman–Crippen MR) is 42.3 cm³/mol. The van der Waals surface area contributed by atoms with Gasteiger partial charge in [-0.05, 0) is 0 Å². The number of nitrogens with two attached hydrogens (primary N) is 1. The Morgan fingerprint density at radius 3 is 3.17 bits per heavy atom. The van der Waals surface area contributed by atoms with Gasteiger partial charge in [-0.2, -0.15) is 0 Å². The maximum Gasteiger partial charge on any atom is 0.226 e. The molecule has 1 rings (SSSR count). The average molecular weight is 169 g/mol. The molecule has 0 aliphatic heterocycles. The van der Waals surface area contributed by atoms with Crippen LogP contribution in [0.4, 0.5) is 0 Å². The standard InChI is InChI=1S/C7H11N3O2/c8-1-2-9-7(11)3-6-4-12-5-10-6/h4-5H,1-3,8H2,(H,9,11). The summed E-state index contributed by atoms with van der Waals surface area (Å²) in [4.78, 5) is 14.8. The zero-order valence-electron chi connectivity index (χ0n) is 6.62. The minimum absolute atomic E-state index is 0.0886. The first-order chi connectivity index (χ1) is 5.83. The second-order valence-corrected chi connectivity index (χ2v) is 2.30. The molecule has 1 aromatic rings. The molecule has 0 saturated heterocycles. The molecule has 12 heavy (non-hydrogen) atoms. The van der Waals surface area contributed by atoms with Gasteiger partial charge in [0.15, 0.2) is 6.39 Å². The van der Waals surface area contributed by atoms with Crippen molar-refractivity contribution in [2.75, 3.05) is 13.1 Å². The molecule has 66 valence electrons. The highest BCUT2D eigenvalue weighted by Crippen LogP contribution is 1.94. The molecule has 5 heteroatoms. The van der Waals surface area contributed by atoms with Gasteiger partial charge in [-0.3, -0.25) is 4.79 Å². The lowest BCUT2D eigenvalue weighted by Gasteiger charge is -1.99. The number of nitrogens with zero attached hydrogens (tertiary/aromatic N) is 1. The van der Waals surface area contributed by atoms with E-state index in [1.807, 2.05) is 0 Å². The molecule has 0 fully saturated rings. The van der Waals surface area contributed by atoms with E-state index in [0.29, 0.717) is 18.8 Å². The summed E-state index contributed by atoms with van der Waals surface area (Å²) in [6.45, 7) is 0.946. The summed E-state index contributed by atoms with van der Waals surface area (Å²) in [5.74, 6) is -0.0886. The number of rotatable bonds is 4. The van der Waals surface area contributed by atoms with Crippen LogP contribution in [-0.2, 0) is 11.2 Å². The Bertz CT molecular complexity index is 233. The molecular formula is C7H11N3O2. The first-order valence-corrected chi connectivity index (χ1v) is 3.66. The van der Waals surface area contributed by atoms with E-state index in [4.69, 9.17) is 10.2 Å². The van der Waals surface area contributed by atoms with Crippen LogP contribution >= 0.6 is 0 Å². The van der Waals surface area contributed by atoms with E-state index in [1.54, 1.807) is 0 Å². The normalized spacial score (nSPS) is 9.75. The maximum atomic E-state index is 11.0. The summed E-state index contributed by atoms with van der Waals surface area (Å²) < 4.78 is 4.70. The molecule has 0 aliphatic carbocycles. The number of oxazole rings is 1. The number of nitrogens with one attached hydrogen (secondary N) is 1. The molecule has 1 aromatic heterocycles. The van der Waals surface area contributed by atoms with Crippen LogP contribution in [0.1, 0.15) is 5.69 Å². The third kappa shape index (κ3) is 2.71. The van der Waals surface area contributed by atoms with Crippen molar-refractivity contribution in [3.05, 3.63) is 18.4 Å². The van der Waals surface area contributed by atoms with Crippen molar-refractivity contribution in [2.24, 2.45) is 5.73 Å². The number of carbonyl (C=O) groups excluding carboxylic acids is 1. The summed E-state index contributed by atoms with van der Waals surface area (Å²) in [6, 6.07) is 0. The van der Waals surface area contributed by atoms with Gasteiger partial charge in [0.1, 0.15) is 6.26 Å². The highest BCUT2D eigenvalue weighted by atomic mass is 16.3. The second-order valence-electron chi connectivity index (χ2n) is 2.30. The van der Waals surface area contributed by atoms with E-state index in [-0.39, 0.29) is 12.3 Å². The van der Waals surface area contributed by atoms with E-state index in [1.165, 1.54) is 12.7 Å². The molecule has 0 bridgehead atoms. The number of amides is 1. The van der Waals surface area contributed by atoms with Crippen LogP contribution in [0.2, 0.25) is 0 Å². The van der Waals surface area contributed by atoms with Crippen LogP contribution in [0.5, 0.6) is 0 Å². The van der Waals surface area contributed by atoms with Gasteiger partial charge in [0.05, 0.1) is 12.1 Å². The Hall–Kier alpha value is -1.36. The maximum absolute atomic E-state index is 11.0.